The summed E-state index contributed by atoms with van der Waals surface area (Å²) < 4.78 is 10.9. The molecule has 0 bridgehead atoms. The first-order valence-electron chi connectivity index (χ1n) is 9.81. The number of carbonyl (C=O) groups excluding carboxylic acids is 1. The number of carboxylic acids is 1. The van der Waals surface area contributed by atoms with E-state index in [1.807, 2.05) is 0 Å². The number of aliphatic hydroxyl groups excluding tert-OH is 4. The van der Waals surface area contributed by atoms with Crippen molar-refractivity contribution in [1.29, 1.82) is 0 Å². The van der Waals surface area contributed by atoms with Crippen LogP contribution in [0.1, 0.15) is 27.2 Å². The van der Waals surface area contributed by atoms with E-state index in [9.17, 15) is 35.1 Å². The van der Waals surface area contributed by atoms with Crippen molar-refractivity contribution < 1.29 is 49.7 Å². The van der Waals surface area contributed by atoms with E-state index >= 15 is 0 Å². The smallest absolute Gasteiger partial charge is 0.328 e. The molecule has 0 spiro atoms. The van der Waals surface area contributed by atoms with Crippen molar-refractivity contribution in [2.45, 2.75) is 63.5 Å². The van der Waals surface area contributed by atoms with E-state index < -0.39 is 54.3 Å². The zero-order valence-corrected chi connectivity index (χ0v) is 17.6. The van der Waals surface area contributed by atoms with E-state index in [0.717, 1.165) is 6.08 Å². The number of allylic oxidation sites excluding steroid dienone is 3. The minimum atomic E-state index is -1.69. The third-order valence-corrected chi connectivity index (χ3v) is 5.82. The predicted molar refractivity (Wildman–Crippen MR) is 107 cm³/mol. The molecule has 0 amide bonds. The molecule has 1 saturated heterocycles. The molecule has 10 heteroatoms. The van der Waals surface area contributed by atoms with Gasteiger partial charge in [0.05, 0.1) is 13.2 Å². The second-order valence-electron chi connectivity index (χ2n) is 8.37. The van der Waals surface area contributed by atoms with Crippen molar-refractivity contribution in [2.75, 3.05) is 13.2 Å². The van der Waals surface area contributed by atoms with E-state index in [4.69, 9.17) is 14.6 Å². The van der Waals surface area contributed by atoms with Gasteiger partial charge in [0.1, 0.15) is 30.0 Å². The molecule has 1 aliphatic heterocycles. The summed E-state index contributed by atoms with van der Waals surface area (Å²) in [5.74, 6) is -1.40. The monoisotopic (exact) mass is 442 g/mol. The number of ketones is 1. The van der Waals surface area contributed by atoms with Crippen LogP contribution in [0.5, 0.6) is 0 Å². The Kier molecular flexibility index (Phi) is 7.93. The molecule has 2 aliphatic rings. The van der Waals surface area contributed by atoms with E-state index in [1.165, 1.54) is 18.2 Å². The van der Waals surface area contributed by atoms with Gasteiger partial charge < -0.3 is 40.1 Å². The fraction of sp³-hybridized carbons (Fsp3) is 0.619. The van der Waals surface area contributed by atoms with Gasteiger partial charge in [-0.2, -0.15) is 0 Å². The first-order chi connectivity index (χ1) is 14.3. The van der Waals surface area contributed by atoms with E-state index in [-0.39, 0.29) is 18.8 Å². The molecular formula is C21H30O10. The van der Waals surface area contributed by atoms with Crippen LogP contribution >= 0.6 is 0 Å². The van der Waals surface area contributed by atoms with E-state index in [0.29, 0.717) is 11.1 Å². The highest BCUT2D eigenvalue weighted by Gasteiger charge is 2.52. The fourth-order valence-electron chi connectivity index (χ4n) is 3.86. The van der Waals surface area contributed by atoms with Gasteiger partial charge >= 0.3 is 5.97 Å². The molecule has 0 saturated carbocycles. The Balaban J connectivity index is 2.29. The van der Waals surface area contributed by atoms with Crippen molar-refractivity contribution in [3.8, 4) is 0 Å². The van der Waals surface area contributed by atoms with Crippen LogP contribution in [0, 0.1) is 5.41 Å². The quantitative estimate of drug-likeness (QED) is 0.213. The van der Waals surface area contributed by atoms with Crippen LogP contribution in [0.4, 0.5) is 0 Å². The maximum absolute atomic E-state index is 12.2. The molecule has 1 heterocycles. The van der Waals surface area contributed by atoms with Crippen molar-refractivity contribution in [3.63, 3.8) is 0 Å². The summed E-state index contributed by atoms with van der Waals surface area (Å²) in [4.78, 5) is 23.1. The molecule has 1 aliphatic carbocycles. The molecule has 31 heavy (non-hydrogen) atoms. The van der Waals surface area contributed by atoms with Crippen LogP contribution in [-0.2, 0) is 19.1 Å². The molecule has 174 valence electrons. The molecule has 7 atom stereocenters. The molecule has 6 N–H and O–H groups in total. The summed E-state index contributed by atoms with van der Waals surface area (Å²) in [5, 5.41) is 59.6. The second kappa shape index (κ2) is 9.70. The maximum Gasteiger partial charge on any atom is 0.328 e. The Bertz CT molecular complexity index is 785. The topological polar surface area (TPSA) is 174 Å². The number of hydrogen-bond donors (Lipinski definition) is 6. The van der Waals surface area contributed by atoms with E-state index in [1.54, 1.807) is 20.8 Å². The molecular weight excluding hydrogens is 412 g/mol. The Morgan fingerprint density at radius 3 is 2.52 bits per heavy atom. The Labute approximate surface area is 179 Å². The lowest BCUT2D eigenvalue weighted by molar-refractivity contribution is -0.308. The number of hydrogen-bond acceptors (Lipinski definition) is 9. The Hall–Kier alpha value is -1.92. The van der Waals surface area contributed by atoms with Gasteiger partial charge in [0.25, 0.3) is 0 Å². The Morgan fingerprint density at radius 1 is 1.29 bits per heavy atom. The molecule has 10 nitrogen and oxygen atoms in total. The lowest BCUT2D eigenvalue weighted by atomic mass is 9.63. The summed E-state index contributed by atoms with van der Waals surface area (Å²) in [5.41, 5.74) is -2.24. The van der Waals surface area contributed by atoms with Crippen LogP contribution < -0.4 is 0 Å². The minimum absolute atomic E-state index is 0.121. The maximum atomic E-state index is 12.2. The highest BCUT2D eigenvalue weighted by Crippen LogP contribution is 2.45. The van der Waals surface area contributed by atoms with Crippen LogP contribution in [-0.4, -0.2) is 91.9 Å². The second-order valence-corrected chi connectivity index (χ2v) is 8.37. The number of aliphatic carboxylic acids is 1. The number of ether oxygens (including phenoxy) is 2. The van der Waals surface area contributed by atoms with Crippen LogP contribution in [0.2, 0.25) is 0 Å². The van der Waals surface area contributed by atoms with Gasteiger partial charge in [-0.1, -0.05) is 13.0 Å². The average Bonchev–Trinajstić information content (AvgIpc) is 2.68. The van der Waals surface area contributed by atoms with Crippen LogP contribution in [0.3, 0.4) is 0 Å². The van der Waals surface area contributed by atoms with Gasteiger partial charge in [-0.3, -0.25) is 4.79 Å². The summed E-state index contributed by atoms with van der Waals surface area (Å²) in [7, 11) is 0. The normalized spacial score (nSPS) is 39.6. The molecule has 0 aromatic carbocycles. The standard InChI is InChI=1S/C21H30O10/c1-11(6-15(24)25)4-5-21(29)12(2)7-13(23)8-20(21,3)10-30-19-18(28)17(27)16(26)14(9-22)31-19/h4-7,14,16-19,22,26-29H,8-10H2,1-3H3,(H,24,25)/b5-4+,11-6-/t14-,16-,17-,18-,19+,20+,21+/m0/s1. The minimum Gasteiger partial charge on any atom is -0.478 e. The SMILES string of the molecule is CC1=CC(=O)C[C@](C)(CO[C@@H]2O[C@@H](CO)[C@H](O)[C@H](O)[C@@H]2O)[C@@]1(O)/C=C/C(C)=C\C(=O)O. The lowest BCUT2D eigenvalue weighted by Gasteiger charge is -2.47. The zero-order valence-electron chi connectivity index (χ0n) is 17.6. The number of carboxylic acid groups (broad SMARTS) is 1. The van der Waals surface area contributed by atoms with Gasteiger partial charge in [0.15, 0.2) is 12.1 Å². The van der Waals surface area contributed by atoms with Crippen LogP contribution in [0.25, 0.3) is 0 Å². The van der Waals surface area contributed by atoms with Crippen molar-refractivity contribution in [3.05, 3.63) is 35.5 Å². The third kappa shape index (κ3) is 5.29. The van der Waals surface area contributed by atoms with Crippen molar-refractivity contribution in [1.82, 2.24) is 0 Å². The predicted octanol–water partition coefficient (Wildman–Crippen LogP) is -0.953. The fourth-order valence-corrected chi connectivity index (χ4v) is 3.86. The molecule has 2 rings (SSSR count). The third-order valence-electron chi connectivity index (χ3n) is 5.82. The first kappa shape index (κ1) is 25.3. The largest absolute Gasteiger partial charge is 0.478 e. The Morgan fingerprint density at radius 2 is 1.94 bits per heavy atom. The van der Waals surface area contributed by atoms with Gasteiger partial charge in [0.2, 0.25) is 0 Å². The lowest BCUT2D eigenvalue weighted by Crippen LogP contribution is -2.60. The molecule has 0 unspecified atom stereocenters. The summed E-state index contributed by atoms with van der Waals surface area (Å²) in [6.45, 7) is 3.78. The first-order valence-corrected chi connectivity index (χ1v) is 9.81. The number of carbonyl (C=O) groups is 2. The molecule has 0 aromatic heterocycles. The van der Waals surface area contributed by atoms with Crippen LogP contribution in [0.15, 0.2) is 35.5 Å². The molecule has 0 radical (unpaired) electrons. The van der Waals surface area contributed by atoms with Crippen molar-refractivity contribution in [2.24, 2.45) is 5.41 Å². The average molecular weight is 442 g/mol. The summed E-state index contributed by atoms with van der Waals surface area (Å²) in [6, 6.07) is 0. The van der Waals surface area contributed by atoms with Gasteiger partial charge in [0, 0.05) is 17.9 Å². The summed E-state index contributed by atoms with van der Waals surface area (Å²) in [6.07, 6.45) is -2.41. The van der Waals surface area contributed by atoms with Gasteiger partial charge in [-0.15, -0.1) is 0 Å². The highest BCUT2D eigenvalue weighted by molar-refractivity contribution is 5.93. The van der Waals surface area contributed by atoms with Gasteiger partial charge in [-0.25, -0.2) is 4.79 Å². The number of aliphatic hydroxyl groups is 5. The van der Waals surface area contributed by atoms with Crippen molar-refractivity contribution >= 4 is 11.8 Å². The molecule has 1 fully saturated rings. The number of rotatable bonds is 7. The van der Waals surface area contributed by atoms with E-state index in [2.05, 4.69) is 0 Å². The summed E-state index contributed by atoms with van der Waals surface area (Å²) >= 11 is 0. The highest BCUT2D eigenvalue weighted by atomic mass is 16.7. The zero-order chi connectivity index (χ0) is 23.6. The van der Waals surface area contributed by atoms with Gasteiger partial charge in [-0.05, 0) is 37.1 Å². The molecule has 0 aromatic rings.